The van der Waals surface area contributed by atoms with Crippen LogP contribution in [0.5, 0.6) is 0 Å². The zero-order chi connectivity index (χ0) is 16.4. The van der Waals surface area contributed by atoms with Crippen LogP contribution in [0.15, 0.2) is 40.9 Å². The molecule has 3 aromatic rings. The van der Waals surface area contributed by atoms with Crippen LogP contribution in [0.1, 0.15) is 23.3 Å². The second kappa shape index (κ2) is 6.34. The van der Waals surface area contributed by atoms with Crippen molar-refractivity contribution in [1.82, 2.24) is 24.9 Å². The van der Waals surface area contributed by atoms with E-state index in [1.165, 1.54) is 0 Å². The van der Waals surface area contributed by atoms with Gasteiger partial charge in [0.15, 0.2) is 0 Å². The second-order valence-electron chi connectivity index (χ2n) is 5.92. The van der Waals surface area contributed by atoms with Crippen LogP contribution in [-0.2, 0) is 6.54 Å². The van der Waals surface area contributed by atoms with Gasteiger partial charge in [-0.15, -0.1) is 5.10 Å². The molecule has 0 aromatic carbocycles. The van der Waals surface area contributed by atoms with Gasteiger partial charge in [0, 0.05) is 5.69 Å². The molecular weight excluding hydrogens is 290 g/mol. The number of pyridine rings is 1. The summed E-state index contributed by atoms with van der Waals surface area (Å²) in [5.74, 6) is 1.84. The maximum atomic E-state index is 5.77. The first-order valence-corrected chi connectivity index (χ1v) is 7.60. The van der Waals surface area contributed by atoms with E-state index in [1.54, 1.807) is 0 Å². The molecular formula is C17H21N5O. The number of hydrogen-bond acceptors (Lipinski definition) is 5. The summed E-state index contributed by atoms with van der Waals surface area (Å²) < 4.78 is 7.61. The Balaban J connectivity index is 1.82. The Hall–Kier alpha value is -2.47. The summed E-state index contributed by atoms with van der Waals surface area (Å²) in [7, 11) is 4.06. The molecule has 0 spiro atoms. The Kier molecular flexibility index (Phi) is 4.25. The average molecular weight is 311 g/mol. The van der Waals surface area contributed by atoms with Crippen molar-refractivity contribution in [2.45, 2.75) is 26.4 Å². The molecule has 0 aliphatic carbocycles. The highest BCUT2D eigenvalue weighted by Gasteiger charge is 2.19. The fourth-order valence-corrected chi connectivity index (χ4v) is 2.51. The number of rotatable bonds is 5. The third-order valence-electron chi connectivity index (χ3n) is 3.76. The van der Waals surface area contributed by atoms with Crippen molar-refractivity contribution in [2.75, 3.05) is 14.1 Å². The van der Waals surface area contributed by atoms with E-state index in [0.717, 1.165) is 28.6 Å². The summed E-state index contributed by atoms with van der Waals surface area (Å²) in [4.78, 5) is 6.60. The molecule has 0 fully saturated rings. The van der Waals surface area contributed by atoms with Crippen LogP contribution in [0.2, 0.25) is 0 Å². The molecule has 6 nitrogen and oxygen atoms in total. The van der Waals surface area contributed by atoms with E-state index in [9.17, 15) is 0 Å². The van der Waals surface area contributed by atoms with Gasteiger partial charge in [0.05, 0.1) is 24.5 Å². The molecule has 0 aliphatic rings. The first kappa shape index (κ1) is 15.4. The van der Waals surface area contributed by atoms with Gasteiger partial charge in [0.2, 0.25) is 0 Å². The molecule has 0 bridgehead atoms. The van der Waals surface area contributed by atoms with Gasteiger partial charge < -0.3 is 4.42 Å². The molecule has 0 saturated heterocycles. The van der Waals surface area contributed by atoms with E-state index >= 15 is 0 Å². The minimum absolute atomic E-state index is 0.101. The zero-order valence-corrected chi connectivity index (χ0v) is 13.9. The number of aromatic nitrogens is 4. The lowest BCUT2D eigenvalue weighted by Crippen LogP contribution is -2.24. The first-order chi connectivity index (χ1) is 11.0. The van der Waals surface area contributed by atoms with Crippen molar-refractivity contribution >= 4 is 0 Å². The van der Waals surface area contributed by atoms with Crippen LogP contribution in [-0.4, -0.2) is 39.0 Å². The number of furan rings is 1. The summed E-state index contributed by atoms with van der Waals surface area (Å²) in [6.07, 6.45) is 1.92. The Bertz CT molecular complexity index is 790. The molecule has 0 N–H and O–H groups in total. The monoisotopic (exact) mass is 311 g/mol. The van der Waals surface area contributed by atoms with Gasteiger partial charge in [0.1, 0.15) is 17.2 Å². The molecule has 23 heavy (non-hydrogen) atoms. The fourth-order valence-electron chi connectivity index (χ4n) is 2.51. The van der Waals surface area contributed by atoms with E-state index in [-0.39, 0.29) is 6.04 Å². The Morgan fingerprint density at radius 2 is 1.96 bits per heavy atom. The largest absolute Gasteiger partial charge is 0.465 e. The van der Waals surface area contributed by atoms with E-state index in [2.05, 4.69) is 20.2 Å². The van der Waals surface area contributed by atoms with Gasteiger partial charge >= 0.3 is 0 Å². The van der Waals surface area contributed by atoms with Crippen molar-refractivity contribution in [3.05, 3.63) is 53.7 Å². The van der Waals surface area contributed by atoms with Gasteiger partial charge in [-0.3, -0.25) is 9.88 Å². The zero-order valence-electron chi connectivity index (χ0n) is 13.9. The molecule has 120 valence electrons. The normalized spacial score (nSPS) is 12.7. The Morgan fingerprint density at radius 1 is 1.13 bits per heavy atom. The molecule has 3 heterocycles. The van der Waals surface area contributed by atoms with Crippen molar-refractivity contribution in [3.63, 3.8) is 0 Å². The Labute approximate surface area is 135 Å². The van der Waals surface area contributed by atoms with Crippen LogP contribution in [0.3, 0.4) is 0 Å². The number of aryl methyl sites for hydroxylation is 2. The summed E-state index contributed by atoms with van der Waals surface area (Å²) in [5.41, 5.74) is 2.59. The van der Waals surface area contributed by atoms with E-state index < -0.39 is 0 Å². The summed E-state index contributed by atoms with van der Waals surface area (Å²) >= 11 is 0. The molecule has 0 radical (unpaired) electrons. The van der Waals surface area contributed by atoms with E-state index in [1.807, 2.05) is 69.2 Å². The summed E-state index contributed by atoms with van der Waals surface area (Å²) in [6, 6.07) is 9.99. The van der Waals surface area contributed by atoms with Crippen molar-refractivity contribution in [2.24, 2.45) is 0 Å². The highest BCUT2D eigenvalue weighted by molar-refractivity contribution is 5.52. The minimum Gasteiger partial charge on any atom is -0.465 e. The third kappa shape index (κ3) is 3.48. The minimum atomic E-state index is 0.101. The Morgan fingerprint density at radius 3 is 2.61 bits per heavy atom. The molecule has 3 aromatic heterocycles. The lowest BCUT2D eigenvalue weighted by Gasteiger charge is -2.21. The lowest BCUT2D eigenvalue weighted by atomic mass is 10.2. The van der Waals surface area contributed by atoms with Gasteiger partial charge in [-0.05, 0) is 52.2 Å². The van der Waals surface area contributed by atoms with Crippen molar-refractivity contribution < 1.29 is 4.42 Å². The molecule has 1 atom stereocenters. The van der Waals surface area contributed by atoms with Gasteiger partial charge in [-0.1, -0.05) is 11.3 Å². The van der Waals surface area contributed by atoms with Crippen LogP contribution in [0.4, 0.5) is 0 Å². The fraction of sp³-hybridized carbons (Fsp3) is 0.353. The predicted octanol–water partition coefficient (Wildman–Crippen LogP) is 2.85. The van der Waals surface area contributed by atoms with Crippen molar-refractivity contribution in [1.29, 1.82) is 0 Å². The quantitative estimate of drug-likeness (QED) is 0.725. The van der Waals surface area contributed by atoms with Crippen LogP contribution in [0, 0.1) is 13.8 Å². The van der Waals surface area contributed by atoms with Crippen LogP contribution < -0.4 is 0 Å². The summed E-state index contributed by atoms with van der Waals surface area (Å²) in [5, 5.41) is 8.48. The number of likely N-dealkylation sites (N-methyl/N-ethyl adjacent to an activating group) is 1. The smallest absolute Gasteiger partial charge is 0.131 e. The molecule has 6 heteroatoms. The van der Waals surface area contributed by atoms with Gasteiger partial charge in [-0.2, -0.15) is 0 Å². The average Bonchev–Trinajstić information content (AvgIpc) is 3.13. The third-order valence-corrected chi connectivity index (χ3v) is 3.76. The van der Waals surface area contributed by atoms with E-state index in [4.69, 9.17) is 4.42 Å². The number of hydrogen-bond donors (Lipinski definition) is 0. The highest BCUT2D eigenvalue weighted by Crippen LogP contribution is 2.23. The lowest BCUT2D eigenvalue weighted by molar-refractivity contribution is 0.223. The van der Waals surface area contributed by atoms with Crippen molar-refractivity contribution in [3.8, 4) is 11.4 Å². The maximum Gasteiger partial charge on any atom is 0.131 e. The standard InChI is InChI=1S/C17H21N5O/c1-12-6-5-7-14(18-12)15-10-22(20-19-15)11-16(21(3)4)17-9-8-13(2)23-17/h5-10,16H,11H2,1-4H3. The number of nitrogens with zero attached hydrogens (tertiary/aromatic N) is 5. The van der Waals surface area contributed by atoms with Gasteiger partial charge in [0.25, 0.3) is 0 Å². The second-order valence-corrected chi connectivity index (χ2v) is 5.92. The molecule has 1 unspecified atom stereocenters. The molecule has 0 aliphatic heterocycles. The maximum absolute atomic E-state index is 5.77. The highest BCUT2D eigenvalue weighted by atomic mass is 16.3. The van der Waals surface area contributed by atoms with E-state index in [0.29, 0.717) is 6.54 Å². The topological polar surface area (TPSA) is 60.0 Å². The van der Waals surface area contributed by atoms with Crippen LogP contribution in [0.25, 0.3) is 11.4 Å². The predicted molar refractivity (Wildman–Crippen MR) is 87.9 cm³/mol. The summed E-state index contributed by atoms with van der Waals surface area (Å²) in [6.45, 7) is 4.58. The molecule has 3 rings (SSSR count). The SMILES string of the molecule is Cc1cccc(-c2cn(CC(c3ccc(C)o3)N(C)C)nn2)n1. The van der Waals surface area contributed by atoms with Gasteiger partial charge in [-0.25, -0.2) is 4.68 Å². The first-order valence-electron chi connectivity index (χ1n) is 7.60. The molecule has 0 saturated carbocycles. The van der Waals surface area contributed by atoms with Crippen LogP contribution >= 0.6 is 0 Å². The molecule has 0 amide bonds.